The number of hydrogen-bond acceptors (Lipinski definition) is 13. The maximum atomic E-state index is 13.2. The molecule has 0 saturated carbocycles. The molecule has 1 amide bonds. The van der Waals surface area contributed by atoms with Crippen molar-refractivity contribution in [1.82, 2.24) is 5.32 Å². The summed E-state index contributed by atoms with van der Waals surface area (Å²) in [5.41, 5.74) is 0. The minimum Gasteiger partial charge on any atom is -0.394 e. The standard InChI is InChI=1S/C71H119NO13/c1-3-5-7-9-11-13-15-16-17-18-19-20-21-22-23-24-25-26-27-28-29-30-31-32-33-34-35-36-37-38-39-40-41-42-43-44-45-47-49-51-53-55-63(76)72-59(60(75)54-52-50-48-46-14-12-10-8-6-4-2)58-82-70-68(81)66(79)69(62(57-74)84-70)85-71-67(80)65(78)64(77)61(56-73)83-71/h5,7,11,13,16-17,19-20,22-23,25-26,28-29,31-32,34-35,52,54,59-62,64-71,73-75,77-81H,3-4,6,8-10,12,14-15,18,21,24,27,30,33,36-51,53,55-58H2,1-2H3,(H,72,76)/b7-5-,13-11-,17-16-,20-19-,23-22-,26-25-,29-28-,32-31-,35-34-,54-52+. The van der Waals surface area contributed by atoms with Gasteiger partial charge in [-0.15, -0.1) is 0 Å². The van der Waals surface area contributed by atoms with Gasteiger partial charge in [-0.25, -0.2) is 0 Å². The summed E-state index contributed by atoms with van der Waals surface area (Å²) in [5.74, 6) is -0.247. The third-order valence-corrected chi connectivity index (χ3v) is 15.4. The molecule has 2 aliphatic heterocycles. The van der Waals surface area contributed by atoms with E-state index in [1.807, 2.05) is 6.08 Å². The van der Waals surface area contributed by atoms with E-state index in [4.69, 9.17) is 18.9 Å². The number of carbonyl (C=O) groups excluding carboxylic acids is 1. The molecule has 0 radical (unpaired) electrons. The molecule has 2 fully saturated rings. The molecule has 0 aliphatic carbocycles. The van der Waals surface area contributed by atoms with Crippen molar-refractivity contribution in [3.8, 4) is 0 Å². The fourth-order valence-electron chi connectivity index (χ4n) is 10.1. The fraction of sp³-hybridized carbons (Fsp3) is 0.704. The summed E-state index contributed by atoms with van der Waals surface area (Å²) in [4.78, 5) is 13.2. The van der Waals surface area contributed by atoms with E-state index in [-0.39, 0.29) is 18.9 Å². The van der Waals surface area contributed by atoms with E-state index < -0.39 is 86.8 Å². The molecular weight excluding hydrogens is 1070 g/mol. The van der Waals surface area contributed by atoms with Crippen LogP contribution < -0.4 is 5.32 Å². The van der Waals surface area contributed by atoms with E-state index >= 15 is 0 Å². The highest BCUT2D eigenvalue weighted by Crippen LogP contribution is 2.30. The second kappa shape index (κ2) is 54.5. The molecule has 0 aromatic heterocycles. The van der Waals surface area contributed by atoms with Crippen LogP contribution in [0.15, 0.2) is 122 Å². The Bertz CT molecular complexity index is 1890. The quantitative estimate of drug-likeness (QED) is 0.0204. The number of amides is 1. The lowest BCUT2D eigenvalue weighted by Crippen LogP contribution is -2.65. The van der Waals surface area contributed by atoms with Gasteiger partial charge in [-0.2, -0.15) is 0 Å². The third-order valence-electron chi connectivity index (χ3n) is 15.4. The van der Waals surface area contributed by atoms with Gasteiger partial charge in [-0.3, -0.25) is 4.79 Å². The molecule has 14 heteroatoms. The molecule has 2 aliphatic rings. The molecule has 0 aromatic carbocycles. The summed E-state index contributed by atoms with van der Waals surface area (Å²) in [6.45, 7) is 2.64. The van der Waals surface area contributed by atoms with Gasteiger partial charge < -0.3 is 65.1 Å². The van der Waals surface area contributed by atoms with E-state index in [0.29, 0.717) is 6.42 Å². The summed E-state index contributed by atoms with van der Waals surface area (Å²) in [7, 11) is 0. The number of rotatable bonds is 52. The minimum absolute atomic E-state index is 0.247. The van der Waals surface area contributed by atoms with Crippen molar-refractivity contribution in [1.29, 1.82) is 0 Å². The van der Waals surface area contributed by atoms with E-state index in [1.54, 1.807) is 6.08 Å². The topological polar surface area (TPSA) is 228 Å². The molecule has 2 heterocycles. The Balaban J connectivity index is 1.57. The smallest absolute Gasteiger partial charge is 0.220 e. The summed E-state index contributed by atoms with van der Waals surface area (Å²) < 4.78 is 22.7. The molecule has 2 rings (SSSR count). The zero-order valence-corrected chi connectivity index (χ0v) is 52.6. The number of hydrogen-bond donors (Lipinski definition) is 9. The molecular formula is C71H119NO13. The first-order chi connectivity index (χ1) is 41.6. The van der Waals surface area contributed by atoms with Crippen molar-refractivity contribution in [3.05, 3.63) is 122 Å². The SMILES string of the molecule is CC/C=C\C/C=C\C/C=C\C/C=C\C/C=C\C/C=C\C/C=C\C/C=C\C/C=C\CCCCCCCCCCCCCCCC(=O)NC(COC1OC(CO)C(OC2OC(CO)C(O)C(O)C2O)C(O)C1O)C(O)/C=C/CCCCCCCCCC. The second-order valence-electron chi connectivity index (χ2n) is 22.9. The number of aliphatic hydroxyl groups is 8. The van der Waals surface area contributed by atoms with Crippen LogP contribution in [0.5, 0.6) is 0 Å². The normalized spacial score (nSPS) is 24.4. The van der Waals surface area contributed by atoms with E-state index in [9.17, 15) is 45.6 Å². The lowest BCUT2D eigenvalue weighted by molar-refractivity contribution is -0.359. The van der Waals surface area contributed by atoms with Crippen LogP contribution in [-0.4, -0.2) is 140 Å². The second-order valence-corrected chi connectivity index (χ2v) is 22.9. The maximum Gasteiger partial charge on any atom is 0.220 e. The van der Waals surface area contributed by atoms with Crippen LogP contribution >= 0.6 is 0 Å². The predicted octanol–water partition coefficient (Wildman–Crippen LogP) is 12.9. The molecule has 12 unspecified atom stereocenters. The first-order valence-corrected chi connectivity index (χ1v) is 33.3. The van der Waals surface area contributed by atoms with Gasteiger partial charge in [0.25, 0.3) is 0 Å². The maximum absolute atomic E-state index is 13.2. The average molecular weight is 1190 g/mol. The molecule has 0 spiro atoms. The highest BCUT2D eigenvalue weighted by atomic mass is 16.7. The summed E-state index contributed by atoms with van der Waals surface area (Å²) in [5, 5.41) is 87.0. The van der Waals surface area contributed by atoms with Crippen LogP contribution in [-0.2, 0) is 23.7 Å². The van der Waals surface area contributed by atoms with Crippen LogP contribution in [0.1, 0.15) is 226 Å². The Kier molecular flexibility index (Phi) is 49.7. The third kappa shape index (κ3) is 39.1. The van der Waals surface area contributed by atoms with Gasteiger partial charge in [0, 0.05) is 6.42 Å². The van der Waals surface area contributed by atoms with Crippen molar-refractivity contribution >= 4 is 5.91 Å². The Labute approximate surface area is 514 Å². The van der Waals surface area contributed by atoms with Crippen LogP contribution in [0.25, 0.3) is 0 Å². The largest absolute Gasteiger partial charge is 0.394 e. The average Bonchev–Trinajstić information content (AvgIpc) is 2.93. The van der Waals surface area contributed by atoms with Gasteiger partial charge in [0.05, 0.1) is 32.0 Å². The monoisotopic (exact) mass is 1190 g/mol. The Morgan fingerprint density at radius 2 is 0.812 bits per heavy atom. The van der Waals surface area contributed by atoms with Crippen molar-refractivity contribution < 1.29 is 64.6 Å². The number of aliphatic hydroxyl groups excluding tert-OH is 8. The van der Waals surface area contributed by atoms with Crippen molar-refractivity contribution in [2.45, 2.75) is 299 Å². The highest BCUT2D eigenvalue weighted by molar-refractivity contribution is 5.76. The molecule has 85 heavy (non-hydrogen) atoms. The van der Waals surface area contributed by atoms with Crippen LogP contribution in [0, 0.1) is 0 Å². The van der Waals surface area contributed by atoms with Gasteiger partial charge in [-0.05, 0) is 89.9 Å². The Morgan fingerprint density at radius 3 is 1.25 bits per heavy atom. The highest BCUT2D eigenvalue weighted by Gasteiger charge is 2.51. The molecule has 486 valence electrons. The van der Waals surface area contributed by atoms with Crippen molar-refractivity contribution in [3.63, 3.8) is 0 Å². The lowest BCUT2D eigenvalue weighted by Gasteiger charge is -2.46. The Morgan fingerprint density at radius 1 is 0.435 bits per heavy atom. The minimum atomic E-state index is -1.79. The van der Waals surface area contributed by atoms with E-state index in [0.717, 1.165) is 109 Å². The van der Waals surface area contributed by atoms with Gasteiger partial charge in [-0.1, -0.05) is 251 Å². The van der Waals surface area contributed by atoms with Crippen molar-refractivity contribution in [2.75, 3.05) is 19.8 Å². The number of unbranched alkanes of at least 4 members (excludes halogenated alkanes) is 21. The number of nitrogens with one attached hydrogen (secondary N) is 1. The summed E-state index contributed by atoms with van der Waals surface area (Å²) in [6, 6.07) is -0.920. The zero-order chi connectivity index (χ0) is 61.6. The van der Waals surface area contributed by atoms with Crippen LogP contribution in [0.3, 0.4) is 0 Å². The van der Waals surface area contributed by atoms with E-state index in [1.165, 1.54) is 89.9 Å². The van der Waals surface area contributed by atoms with E-state index in [2.05, 4.69) is 129 Å². The first kappa shape index (κ1) is 77.5. The van der Waals surface area contributed by atoms with Crippen molar-refractivity contribution in [2.24, 2.45) is 0 Å². The molecule has 12 atom stereocenters. The predicted molar refractivity (Wildman–Crippen MR) is 345 cm³/mol. The summed E-state index contributed by atoms with van der Waals surface area (Å²) in [6.07, 6.45) is 62.7. The molecule has 14 nitrogen and oxygen atoms in total. The van der Waals surface area contributed by atoms with Gasteiger partial charge in [0.15, 0.2) is 12.6 Å². The van der Waals surface area contributed by atoms with Crippen LogP contribution in [0.2, 0.25) is 0 Å². The number of carbonyl (C=O) groups is 1. The number of ether oxygens (including phenoxy) is 4. The molecule has 0 bridgehead atoms. The fourth-order valence-corrected chi connectivity index (χ4v) is 10.1. The molecule has 0 aromatic rings. The van der Waals surface area contributed by atoms with Crippen LogP contribution in [0.4, 0.5) is 0 Å². The lowest BCUT2D eigenvalue weighted by atomic mass is 9.97. The van der Waals surface area contributed by atoms with Gasteiger partial charge in [0.1, 0.15) is 48.8 Å². The number of allylic oxidation sites excluding steroid dienone is 19. The molecule has 9 N–H and O–H groups in total. The van der Waals surface area contributed by atoms with Gasteiger partial charge in [0.2, 0.25) is 5.91 Å². The Hall–Kier alpha value is -3.61. The molecule has 2 saturated heterocycles. The van der Waals surface area contributed by atoms with Gasteiger partial charge >= 0.3 is 0 Å². The first-order valence-electron chi connectivity index (χ1n) is 33.3. The zero-order valence-electron chi connectivity index (χ0n) is 52.6. The summed E-state index contributed by atoms with van der Waals surface area (Å²) >= 11 is 0.